The largest absolute Gasteiger partial charge is 0.497 e. The van der Waals surface area contributed by atoms with Crippen LogP contribution in [0.1, 0.15) is 15.9 Å². The van der Waals surface area contributed by atoms with E-state index in [1.807, 2.05) is 42.5 Å². The Morgan fingerprint density at radius 3 is 2.87 bits per heavy atom. The molecular weight excluding hydrogens is 398 g/mol. The summed E-state index contributed by atoms with van der Waals surface area (Å²) in [5.74, 6) is 1.19. The van der Waals surface area contributed by atoms with Crippen LogP contribution in [0, 0.1) is 0 Å². The standard InChI is InChI=1S/C22H17N5O2S/c1-29-17-6-7-19-18(10-17)26-21(30-19)15-4-2-14(3-5-15)11-24-20(28)16-12-25-22-23-8-9-27(22)13-16/h2-10,12-13H,11H2,1H3,(H,24,28). The van der Waals surface area contributed by atoms with E-state index in [-0.39, 0.29) is 5.91 Å². The summed E-state index contributed by atoms with van der Waals surface area (Å²) in [4.78, 5) is 25.4. The molecule has 0 aliphatic rings. The van der Waals surface area contributed by atoms with Gasteiger partial charge >= 0.3 is 0 Å². The summed E-state index contributed by atoms with van der Waals surface area (Å²) in [7, 11) is 1.65. The minimum atomic E-state index is -0.178. The summed E-state index contributed by atoms with van der Waals surface area (Å²) in [5.41, 5.74) is 3.46. The highest BCUT2D eigenvalue weighted by atomic mass is 32.1. The first-order valence-electron chi connectivity index (χ1n) is 9.30. The molecule has 1 N–H and O–H groups in total. The second kappa shape index (κ2) is 7.57. The molecule has 0 unspecified atom stereocenters. The molecule has 0 saturated carbocycles. The minimum Gasteiger partial charge on any atom is -0.497 e. The number of ether oxygens (including phenoxy) is 1. The number of hydrogen-bond acceptors (Lipinski definition) is 6. The van der Waals surface area contributed by atoms with Gasteiger partial charge in [-0.15, -0.1) is 11.3 Å². The summed E-state index contributed by atoms with van der Waals surface area (Å²) >= 11 is 1.64. The van der Waals surface area contributed by atoms with E-state index < -0.39 is 0 Å². The van der Waals surface area contributed by atoms with Crippen LogP contribution in [0.5, 0.6) is 5.75 Å². The fraction of sp³-hybridized carbons (Fsp3) is 0.0909. The SMILES string of the molecule is COc1ccc2sc(-c3ccc(CNC(=O)c4cnc5nccn5c4)cc3)nc2c1. The van der Waals surface area contributed by atoms with Gasteiger partial charge in [-0.2, -0.15) is 0 Å². The van der Waals surface area contributed by atoms with Crippen molar-refractivity contribution in [3.05, 3.63) is 78.4 Å². The third-order valence-corrected chi connectivity index (χ3v) is 5.84. The van der Waals surface area contributed by atoms with Gasteiger partial charge in [-0.1, -0.05) is 24.3 Å². The number of fused-ring (bicyclic) bond motifs is 2. The third kappa shape index (κ3) is 3.48. The lowest BCUT2D eigenvalue weighted by Gasteiger charge is -2.06. The van der Waals surface area contributed by atoms with Crippen molar-refractivity contribution >= 4 is 33.2 Å². The van der Waals surface area contributed by atoms with Crippen molar-refractivity contribution in [3.8, 4) is 16.3 Å². The number of aromatic nitrogens is 4. The lowest BCUT2D eigenvalue weighted by Crippen LogP contribution is -2.23. The highest BCUT2D eigenvalue weighted by Crippen LogP contribution is 2.32. The Hall–Kier alpha value is -3.78. The Balaban J connectivity index is 1.28. The zero-order valence-corrected chi connectivity index (χ0v) is 16.9. The Kier molecular flexibility index (Phi) is 4.61. The van der Waals surface area contributed by atoms with E-state index in [0.29, 0.717) is 17.9 Å². The molecule has 0 saturated heterocycles. The Labute approximate surface area is 176 Å². The van der Waals surface area contributed by atoms with Gasteiger partial charge in [0.2, 0.25) is 5.78 Å². The van der Waals surface area contributed by atoms with E-state index in [4.69, 9.17) is 9.72 Å². The number of imidazole rings is 1. The van der Waals surface area contributed by atoms with Crippen molar-refractivity contribution in [2.75, 3.05) is 7.11 Å². The number of rotatable bonds is 5. The molecule has 0 spiro atoms. The maximum absolute atomic E-state index is 12.4. The number of amides is 1. The molecule has 8 heteroatoms. The first kappa shape index (κ1) is 18.3. The van der Waals surface area contributed by atoms with Gasteiger partial charge in [0.1, 0.15) is 10.8 Å². The predicted octanol–water partition coefficient (Wildman–Crippen LogP) is 3.94. The van der Waals surface area contributed by atoms with Gasteiger partial charge < -0.3 is 10.1 Å². The molecule has 1 amide bonds. The first-order chi connectivity index (χ1) is 14.7. The van der Waals surface area contributed by atoms with Gasteiger partial charge in [0.15, 0.2) is 0 Å². The number of hydrogen-bond donors (Lipinski definition) is 1. The predicted molar refractivity (Wildman–Crippen MR) is 116 cm³/mol. The van der Waals surface area contributed by atoms with Gasteiger partial charge in [0, 0.05) is 43.0 Å². The molecule has 30 heavy (non-hydrogen) atoms. The van der Waals surface area contributed by atoms with Crippen LogP contribution in [0.25, 0.3) is 26.6 Å². The average molecular weight is 415 g/mol. The lowest BCUT2D eigenvalue weighted by atomic mass is 10.1. The van der Waals surface area contributed by atoms with Crippen LogP contribution in [-0.4, -0.2) is 32.4 Å². The number of thiazole rings is 1. The summed E-state index contributed by atoms with van der Waals surface area (Å²) < 4.78 is 8.11. The number of methoxy groups -OCH3 is 1. The monoisotopic (exact) mass is 415 g/mol. The second-order valence-electron chi connectivity index (χ2n) is 6.71. The zero-order chi connectivity index (χ0) is 20.5. The second-order valence-corrected chi connectivity index (χ2v) is 7.74. The van der Waals surface area contributed by atoms with Crippen molar-refractivity contribution in [3.63, 3.8) is 0 Å². The van der Waals surface area contributed by atoms with Gasteiger partial charge in [-0.3, -0.25) is 9.20 Å². The molecule has 3 heterocycles. The molecule has 3 aromatic heterocycles. The highest BCUT2D eigenvalue weighted by Gasteiger charge is 2.09. The van der Waals surface area contributed by atoms with Crippen LogP contribution in [0.15, 0.2) is 67.3 Å². The van der Waals surface area contributed by atoms with Gasteiger partial charge in [-0.25, -0.2) is 15.0 Å². The van der Waals surface area contributed by atoms with E-state index in [1.165, 1.54) is 6.20 Å². The Morgan fingerprint density at radius 2 is 2.03 bits per heavy atom. The van der Waals surface area contributed by atoms with Crippen molar-refractivity contribution in [1.82, 2.24) is 24.7 Å². The summed E-state index contributed by atoms with van der Waals surface area (Å²) in [6.07, 6.45) is 6.65. The van der Waals surface area contributed by atoms with Crippen LogP contribution in [0.2, 0.25) is 0 Å². The summed E-state index contributed by atoms with van der Waals surface area (Å²) in [6.45, 7) is 0.429. The van der Waals surface area contributed by atoms with Crippen LogP contribution in [0.3, 0.4) is 0 Å². The molecule has 5 aromatic rings. The van der Waals surface area contributed by atoms with Crippen LogP contribution < -0.4 is 10.1 Å². The Morgan fingerprint density at radius 1 is 1.17 bits per heavy atom. The number of nitrogens with zero attached hydrogens (tertiary/aromatic N) is 4. The smallest absolute Gasteiger partial charge is 0.254 e. The normalized spacial score (nSPS) is 11.1. The third-order valence-electron chi connectivity index (χ3n) is 4.76. The van der Waals surface area contributed by atoms with Gasteiger partial charge in [-0.05, 0) is 17.7 Å². The molecule has 5 rings (SSSR count). The fourth-order valence-electron chi connectivity index (χ4n) is 3.14. The van der Waals surface area contributed by atoms with E-state index in [0.717, 1.165) is 32.1 Å². The van der Waals surface area contributed by atoms with Crippen LogP contribution >= 0.6 is 11.3 Å². The molecule has 0 aliphatic heterocycles. The fourth-order valence-corrected chi connectivity index (χ4v) is 4.09. The summed E-state index contributed by atoms with van der Waals surface area (Å²) in [6, 6.07) is 13.9. The molecule has 0 aliphatic carbocycles. The number of benzene rings is 2. The van der Waals surface area contributed by atoms with Crippen LogP contribution in [-0.2, 0) is 6.54 Å². The zero-order valence-electron chi connectivity index (χ0n) is 16.1. The maximum atomic E-state index is 12.4. The number of carbonyl (C=O) groups is 1. The molecule has 0 bridgehead atoms. The molecule has 0 atom stereocenters. The van der Waals surface area contributed by atoms with E-state index in [9.17, 15) is 4.79 Å². The summed E-state index contributed by atoms with van der Waals surface area (Å²) in [5, 5.41) is 3.88. The van der Waals surface area contributed by atoms with Crippen molar-refractivity contribution in [1.29, 1.82) is 0 Å². The topological polar surface area (TPSA) is 81.4 Å². The van der Waals surface area contributed by atoms with Gasteiger partial charge in [0.25, 0.3) is 5.91 Å². The molecule has 0 fully saturated rings. The van der Waals surface area contributed by atoms with E-state index in [2.05, 4.69) is 15.3 Å². The van der Waals surface area contributed by atoms with E-state index >= 15 is 0 Å². The molecule has 2 aromatic carbocycles. The van der Waals surface area contributed by atoms with E-state index in [1.54, 1.807) is 41.4 Å². The number of nitrogens with one attached hydrogen (secondary N) is 1. The lowest BCUT2D eigenvalue weighted by molar-refractivity contribution is 0.0950. The van der Waals surface area contributed by atoms with Crippen molar-refractivity contribution in [2.45, 2.75) is 6.54 Å². The molecule has 148 valence electrons. The van der Waals surface area contributed by atoms with Gasteiger partial charge in [0.05, 0.1) is 22.9 Å². The Bertz CT molecular complexity index is 1360. The molecule has 7 nitrogen and oxygen atoms in total. The maximum Gasteiger partial charge on any atom is 0.254 e. The molecular formula is C22H17N5O2S. The number of carbonyl (C=O) groups excluding carboxylic acids is 1. The highest BCUT2D eigenvalue weighted by molar-refractivity contribution is 7.21. The van der Waals surface area contributed by atoms with Crippen molar-refractivity contribution < 1.29 is 9.53 Å². The minimum absolute atomic E-state index is 0.178. The van der Waals surface area contributed by atoms with Crippen LogP contribution in [0.4, 0.5) is 0 Å². The first-order valence-corrected chi connectivity index (χ1v) is 10.1. The quantitative estimate of drug-likeness (QED) is 0.470. The van der Waals surface area contributed by atoms with Crippen molar-refractivity contribution in [2.24, 2.45) is 0 Å². The molecule has 0 radical (unpaired) electrons. The average Bonchev–Trinajstić information content (AvgIpc) is 3.43.